The maximum absolute atomic E-state index is 13.3. The Hall–Kier alpha value is -2.54. The molecular formula is C18H16F2N4O. The Morgan fingerprint density at radius 3 is 2.76 bits per heavy atom. The van der Waals surface area contributed by atoms with Crippen LogP contribution in [-0.4, -0.2) is 40.2 Å². The van der Waals surface area contributed by atoms with Crippen molar-refractivity contribution in [3.8, 4) is 0 Å². The van der Waals surface area contributed by atoms with Crippen LogP contribution in [0.25, 0.3) is 11.0 Å². The summed E-state index contributed by atoms with van der Waals surface area (Å²) in [6, 6.07) is 8.65. The molecule has 0 saturated carbocycles. The lowest BCUT2D eigenvalue weighted by molar-refractivity contribution is -0.00976. The van der Waals surface area contributed by atoms with Crippen LogP contribution in [0.2, 0.25) is 0 Å². The predicted octanol–water partition coefficient (Wildman–Crippen LogP) is 2.96. The molecule has 0 radical (unpaired) electrons. The van der Waals surface area contributed by atoms with Crippen molar-refractivity contribution in [1.82, 2.24) is 15.0 Å². The van der Waals surface area contributed by atoms with E-state index >= 15 is 0 Å². The molecule has 7 heteroatoms. The fourth-order valence-corrected chi connectivity index (χ4v) is 4.00. The van der Waals surface area contributed by atoms with Gasteiger partial charge in [0.15, 0.2) is 5.58 Å². The van der Waals surface area contributed by atoms with Crippen molar-refractivity contribution in [1.29, 1.82) is 0 Å². The zero-order chi connectivity index (χ0) is 17.0. The van der Waals surface area contributed by atoms with Crippen LogP contribution in [0.1, 0.15) is 12.1 Å². The van der Waals surface area contributed by atoms with Crippen LogP contribution in [0.4, 0.5) is 14.5 Å². The Kier molecular flexibility index (Phi) is 3.24. The normalized spacial score (nSPS) is 23.0. The molecule has 5 nitrogen and oxygen atoms in total. The quantitative estimate of drug-likeness (QED) is 0.685. The molecule has 2 atom stereocenters. The SMILES string of the molecule is Fc1ccc2c(CN3C4CC3CN(c3ccnc(F)c3)C4)noc2c1. The van der Waals surface area contributed by atoms with E-state index in [-0.39, 0.29) is 5.82 Å². The van der Waals surface area contributed by atoms with Gasteiger partial charge in [0.05, 0.1) is 0 Å². The van der Waals surface area contributed by atoms with E-state index in [0.717, 1.165) is 36.3 Å². The van der Waals surface area contributed by atoms with Gasteiger partial charge in [-0.05, 0) is 24.6 Å². The summed E-state index contributed by atoms with van der Waals surface area (Å²) in [6.45, 7) is 2.39. The number of anilines is 1. The van der Waals surface area contributed by atoms with Crippen molar-refractivity contribution in [3.63, 3.8) is 0 Å². The number of halogens is 2. The lowest BCUT2D eigenvalue weighted by Gasteiger charge is -2.56. The van der Waals surface area contributed by atoms with Crippen molar-refractivity contribution < 1.29 is 13.3 Å². The average molecular weight is 342 g/mol. The van der Waals surface area contributed by atoms with Crippen molar-refractivity contribution in [2.24, 2.45) is 0 Å². The van der Waals surface area contributed by atoms with Gasteiger partial charge in [-0.2, -0.15) is 4.39 Å². The van der Waals surface area contributed by atoms with Gasteiger partial charge in [0, 0.05) is 61.1 Å². The van der Waals surface area contributed by atoms with Gasteiger partial charge in [-0.1, -0.05) is 5.16 Å². The largest absolute Gasteiger partial charge is 0.368 e. The Bertz CT molecular complexity index is 932. The zero-order valence-corrected chi connectivity index (χ0v) is 13.4. The molecule has 2 unspecified atom stereocenters. The number of hydrogen-bond donors (Lipinski definition) is 0. The molecule has 2 aromatic heterocycles. The molecule has 0 aliphatic carbocycles. The molecule has 3 aliphatic heterocycles. The van der Waals surface area contributed by atoms with Crippen molar-refractivity contribution in [3.05, 3.63) is 54.0 Å². The van der Waals surface area contributed by atoms with E-state index in [2.05, 4.69) is 19.9 Å². The standard InChI is InChI=1S/C18H16F2N4O/c19-11-1-2-15-16(22-25-17(15)5-11)10-24-13-6-14(24)9-23(8-13)12-3-4-21-18(20)7-12/h1-5,7,13-14H,6,8-10H2. The molecule has 2 bridgehead atoms. The van der Waals surface area contributed by atoms with Gasteiger partial charge in [-0.25, -0.2) is 9.37 Å². The van der Waals surface area contributed by atoms with Crippen molar-refractivity contribution >= 4 is 16.7 Å². The molecule has 0 amide bonds. The van der Waals surface area contributed by atoms with Gasteiger partial charge in [0.2, 0.25) is 5.95 Å². The van der Waals surface area contributed by atoms with Crippen LogP contribution < -0.4 is 4.90 Å². The third-order valence-corrected chi connectivity index (χ3v) is 5.26. The van der Waals surface area contributed by atoms with Crippen LogP contribution in [0, 0.1) is 11.8 Å². The third kappa shape index (κ3) is 2.46. The summed E-state index contributed by atoms with van der Waals surface area (Å²) < 4.78 is 31.9. The average Bonchev–Trinajstić information content (AvgIpc) is 3.01. The Labute approximate surface area is 142 Å². The minimum absolute atomic E-state index is 0.323. The number of benzene rings is 1. The lowest BCUT2D eigenvalue weighted by atomic mass is 9.86. The van der Waals surface area contributed by atoms with E-state index in [1.165, 1.54) is 24.4 Å². The Balaban J connectivity index is 1.33. The highest BCUT2D eigenvalue weighted by molar-refractivity contribution is 5.79. The molecule has 3 saturated heterocycles. The molecular weight excluding hydrogens is 326 g/mol. The van der Waals surface area contributed by atoms with Crippen LogP contribution in [-0.2, 0) is 6.54 Å². The first-order valence-electron chi connectivity index (χ1n) is 8.33. The minimum Gasteiger partial charge on any atom is -0.368 e. The van der Waals surface area contributed by atoms with Crippen LogP contribution in [0.5, 0.6) is 0 Å². The number of piperidine rings is 1. The number of hydrogen-bond acceptors (Lipinski definition) is 5. The van der Waals surface area contributed by atoms with Crippen molar-refractivity contribution in [2.45, 2.75) is 25.0 Å². The maximum atomic E-state index is 13.3. The highest BCUT2D eigenvalue weighted by Gasteiger charge is 2.45. The summed E-state index contributed by atoms with van der Waals surface area (Å²) in [5.41, 5.74) is 2.20. The predicted molar refractivity (Wildman–Crippen MR) is 88.1 cm³/mol. The van der Waals surface area contributed by atoms with E-state index in [0.29, 0.717) is 24.2 Å². The number of nitrogens with zero attached hydrogens (tertiary/aromatic N) is 4. The maximum Gasteiger partial charge on any atom is 0.214 e. The first kappa shape index (κ1) is 14.8. The molecule has 0 N–H and O–H groups in total. The smallest absolute Gasteiger partial charge is 0.214 e. The summed E-state index contributed by atoms with van der Waals surface area (Å²) in [7, 11) is 0. The second-order valence-electron chi connectivity index (χ2n) is 6.73. The van der Waals surface area contributed by atoms with Gasteiger partial charge in [0.25, 0.3) is 0 Å². The molecule has 128 valence electrons. The minimum atomic E-state index is -0.449. The third-order valence-electron chi connectivity index (χ3n) is 5.26. The Morgan fingerprint density at radius 1 is 1.12 bits per heavy atom. The first-order chi connectivity index (χ1) is 12.2. The summed E-state index contributed by atoms with van der Waals surface area (Å²) >= 11 is 0. The monoisotopic (exact) mass is 342 g/mol. The fourth-order valence-electron chi connectivity index (χ4n) is 4.00. The van der Waals surface area contributed by atoms with Gasteiger partial charge >= 0.3 is 0 Å². The zero-order valence-electron chi connectivity index (χ0n) is 13.4. The summed E-state index contributed by atoms with van der Waals surface area (Å²) in [5.74, 6) is -0.772. The number of aromatic nitrogens is 2. The molecule has 3 aromatic rings. The summed E-state index contributed by atoms with van der Waals surface area (Å²) in [4.78, 5) is 8.22. The summed E-state index contributed by atoms with van der Waals surface area (Å²) in [6.07, 6.45) is 2.64. The van der Waals surface area contributed by atoms with Gasteiger partial charge in [-0.3, -0.25) is 4.90 Å². The topological polar surface area (TPSA) is 45.4 Å². The lowest BCUT2D eigenvalue weighted by Crippen LogP contribution is -2.68. The highest BCUT2D eigenvalue weighted by atomic mass is 19.1. The van der Waals surface area contributed by atoms with Crippen LogP contribution in [0.15, 0.2) is 41.1 Å². The number of piperazine rings is 1. The molecule has 1 aromatic carbocycles. The molecule has 6 rings (SSSR count). The van der Waals surface area contributed by atoms with E-state index in [9.17, 15) is 8.78 Å². The first-order valence-corrected chi connectivity index (χ1v) is 8.33. The second-order valence-corrected chi connectivity index (χ2v) is 6.73. The van der Waals surface area contributed by atoms with Crippen LogP contribution >= 0.6 is 0 Å². The highest BCUT2D eigenvalue weighted by Crippen LogP contribution is 2.36. The molecule has 3 aliphatic rings. The second kappa shape index (κ2) is 5.49. The van der Waals surface area contributed by atoms with Gasteiger partial charge in [0.1, 0.15) is 11.5 Å². The fraction of sp³-hybridized carbons (Fsp3) is 0.333. The van der Waals surface area contributed by atoms with Crippen molar-refractivity contribution in [2.75, 3.05) is 18.0 Å². The molecule has 5 heterocycles. The number of fused-ring (bicyclic) bond motifs is 3. The number of rotatable bonds is 3. The van der Waals surface area contributed by atoms with E-state index in [1.54, 1.807) is 6.07 Å². The Morgan fingerprint density at radius 2 is 1.96 bits per heavy atom. The van der Waals surface area contributed by atoms with Gasteiger partial charge < -0.3 is 9.42 Å². The van der Waals surface area contributed by atoms with E-state index in [4.69, 9.17) is 4.52 Å². The molecule has 0 spiro atoms. The van der Waals surface area contributed by atoms with Gasteiger partial charge in [-0.15, -0.1) is 0 Å². The summed E-state index contributed by atoms with van der Waals surface area (Å²) in [5, 5.41) is 4.98. The van der Waals surface area contributed by atoms with E-state index < -0.39 is 5.95 Å². The molecule has 25 heavy (non-hydrogen) atoms. The van der Waals surface area contributed by atoms with Crippen LogP contribution in [0.3, 0.4) is 0 Å². The van der Waals surface area contributed by atoms with E-state index in [1.807, 2.05) is 6.07 Å². The number of pyridine rings is 1. The molecule has 3 fully saturated rings.